The van der Waals surface area contributed by atoms with Crippen molar-refractivity contribution in [2.45, 2.75) is 71.9 Å². The van der Waals surface area contributed by atoms with Gasteiger partial charge in [0.15, 0.2) is 0 Å². The van der Waals surface area contributed by atoms with Gasteiger partial charge in [0, 0.05) is 19.0 Å². The van der Waals surface area contributed by atoms with Gasteiger partial charge in [-0.15, -0.1) is 0 Å². The fourth-order valence-corrected chi connectivity index (χ4v) is 5.40. The third-order valence-corrected chi connectivity index (χ3v) is 7.42. The van der Waals surface area contributed by atoms with E-state index in [4.69, 9.17) is 4.74 Å². The molecule has 8 nitrogen and oxygen atoms in total. The smallest absolute Gasteiger partial charge is 0.247 e. The summed E-state index contributed by atoms with van der Waals surface area (Å²) in [5.74, 6) is -1.26. The minimum atomic E-state index is -0.653. The van der Waals surface area contributed by atoms with E-state index in [1.807, 2.05) is 68.1 Å². The van der Waals surface area contributed by atoms with Gasteiger partial charge in [0.25, 0.3) is 0 Å². The second-order valence-corrected chi connectivity index (χ2v) is 10.9. The predicted molar refractivity (Wildman–Crippen MR) is 151 cm³/mol. The first-order valence-corrected chi connectivity index (χ1v) is 14.0. The molecule has 0 aliphatic carbocycles. The van der Waals surface area contributed by atoms with Gasteiger partial charge >= 0.3 is 0 Å². The van der Waals surface area contributed by atoms with Crippen LogP contribution < -0.4 is 15.5 Å². The van der Waals surface area contributed by atoms with Crippen molar-refractivity contribution in [3.8, 4) is 16.9 Å². The molecule has 212 valence electrons. The first kappa shape index (κ1) is 30.2. The van der Waals surface area contributed by atoms with Crippen molar-refractivity contribution < 1.29 is 24.3 Å². The topological polar surface area (TPSA) is 108 Å². The van der Waals surface area contributed by atoms with Crippen molar-refractivity contribution in [3.05, 3.63) is 54.1 Å². The molecule has 1 aliphatic heterocycles. The summed E-state index contributed by atoms with van der Waals surface area (Å²) in [6, 6.07) is 15.4. The van der Waals surface area contributed by atoms with Gasteiger partial charge in [-0.1, -0.05) is 57.5 Å². The average Bonchev–Trinajstić information content (AvgIpc) is 3.11. The molecular weight excluding hydrogens is 494 g/mol. The van der Waals surface area contributed by atoms with E-state index in [1.54, 1.807) is 12.6 Å². The van der Waals surface area contributed by atoms with Crippen LogP contribution in [0.3, 0.4) is 0 Å². The summed E-state index contributed by atoms with van der Waals surface area (Å²) in [6.07, 6.45) is 3.91. The number of carbonyl (C=O) groups is 3. The highest BCUT2D eigenvalue weighted by molar-refractivity contribution is 5.91. The van der Waals surface area contributed by atoms with Crippen LogP contribution in [0, 0.1) is 17.8 Å². The van der Waals surface area contributed by atoms with Crippen LogP contribution in [-0.2, 0) is 20.9 Å². The summed E-state index contributed by atoms with van der Waals surface area (Å²) in [5.41, 5.74) is 4.88. The van der Waals surface area contributed by atoms with E-state index in [2.05, 4.69) is 11.4 Å². The number of benzene rings is 2. The number of rotatable bonds is 12. The third kappa shape index (κ3) is 8.30. The van der Waals surface area contributed by atoms with Crippen molar-refractivity contribution in [1.29, 1.82) is 0 Å². The van der Waals surface area contributed by atoms with Gasteiger partial charge in [0.2, 0.25) is 17.7 Å². The summed E-state index contributed by atoms with van der Waals surface area (Å²) in [7, 11) is 1.64. The van der Waals surface area contributed by atoms with E-state index < -0.39 is 23.8 Å². The zero-order valence-electron chi connectivity index (χ0n) is 23.6. The molecule has 0 saturated carbocycles. The summed E-state index contributed by atoms with van der Waals surface area (Å²) in [5, 5.41) is 12.3. The highest BCUT2D eigenvalue weighted by Crippen LogP contribution is 2.27. The number of nitrogens with one attached hydrogen (secondary N) is 2. The Morgan fingerprint density at radius 3 is 2.44 bits per heavy atom. The Kier molecular flexibility index (Phi) is 11.3. The number of nitrogens with zero attached hydrogens (tertiary/aromatic N) is 1. The minimum Gasteiger partial charge on any atom is -0.497 e. The molecule has 1 fully saturated rings. The van der Waals surface area contributed by atoms with Crippen molar-refractivity contribution in [2.24, 2.45) is 17.8 Å². The Labute approximate surface area is 232 Å². The van der Waals surface area contributed by atoms with Crippen LogP contribution in [-0.4, -0.2) is 47.5 Å². The number of amides is 3. The molecule has 2 aromatic rings. The number of carbonyl (C=O) groups excluding carboxylic acids is 3. The highest BCUT2D eigenvalue weighted by Gasteiger charge is 2.36. The normalized spacial score (nSPS) is 17.3. The van der Waals surface area contributed by atoms with Crippen LogP contribution in [0.1, 0.15) is 64.9 Å². The molecule has 0 aromatic heterocycles. The Bertz CT molecular complexity index is 1100. The van der Waals surface area contributed by atoms with Gasteiger partial charge in [0.1, 0.15) is 11.8 Å². The van der Waals surface area contributed by atoms with Crippen LogP contribution in [0.25, 0.3) is 11.1 Å². The molecule has 3 N–H and O–H groups in total. The minimum absolute atomic E-state index is 0.0994. The fourth-order valence-electron chi connectivity index (χ4n) is 5.40. The molecule has 1 unspecified atom stereocenters. The molecule has 0 bridgehead atoms. The van der Waals surface area contributed by atoms with E-state index >= 15 is 0 Å². The summed E-state index contributed by atoms with van der Waals surface area (Å²) < 4.78 is 5.26. The maximum absolute atomic E-state index is 13.6. The number of hydrogen-bond acceptors (Lipinski definition) is 5. The monoisotopic (exact) mass is 537 g/mol. The number of hydroxylamine groups is 1. The Morgan fingerprint density at radius 1 is 1.05 bits per heavy atom. The van der Waals surface area contributed by atoms with Gasteiger partial charge in [0.05, 0.1) is 13.0 Å². The lowest BCUT2D eigenvalue weighted by Crippen LogP contribution is -2.51. The molecule has 3 rings (SSSR count). The zero-order chi connectivity index (χ0) is 28.4. The van der Waals surface area contributed by atoms with E-state index in [1.165, 1.54) is 0 Å². The van der Waals surface area contributed by atoms with E-state index in [-0.39, 0.29) is 17.7 Å². The average molecular weight is 538 g/mol. The Morgan fingerprint density at radius 2 is 1.79 bits per heavy atom. The van der Waals surface area contributed by atoms with Crippen molar-refractivity contribution in [3.63, 3.8) is 0 Å². The van der Waals surface area contributed by atoms with Crippen LogP contribution in [0.15, 0.2) is 48.5 Å². The lowest BCUT2D eigenvalue weighted by atomic mass is 9.81. The fraction of sp³-hybridized carbons (Fsp3) is 0.516. The number of hydrogen-bond donors (Lipinski definition) is 3. The standard InChI is InChI=1S/C31H43N3O5/c1-5-9-26(30(36)33-38)27(18-21(2)3)29(35)32-28-12-6-7-17-34(31(28)37)20-22-10-8-11-24(19-22)23-13-15-25(39-4)16-14-23/h8,10-11,13-16,19,21,26-28,38H,5-7,9,12,17-18,20H2,1-4H3,(H,32,35)(H,33,36)/t26-,27?,28-/m0/s1. The van der Waals surface area contributed by atoms with Crippen LogP contribution in [0.5, 0.6) is 5.75 Å². The van der Waals surface area contributed by atoms with Gasteiger partial charge in [-0.25, -0.2) is 5.48 Å². The molecule has 3 atom stereocenters. The molecule has 0 spiro atoms. The highest BCUT2D eigenvalue weighted by atomic mass is 16.5. The van der Waals surface area contributed by atoms with Crippen molar-refractivity contribution in [2.75, 3.05) is 13.7 Å². The molecular formula is C31H43N3O5. The largest absolute Gasteiger partial charge is 0.497 e. The summed E-state index contributed by atoms with van der Waals surface area (Å²) in [6.45, 7) is 7.02. The summed E-state index contributed by atoms with van der Waals surface area (Å²) >= 11 is 0. The third-order valence-electron chi connectivity index (χ3n) is 7.42. The number of likely N-dealkylation sites (tertiary alicyclic amines) is 1. The Balaban J connectivity index is 1.75. The maximum Gasteiger partial charge on any atom is 0.247 e. The van der Waals surface area contributed by atoms with Gasteiger partial charge in [-0.3, -0.25) is 19.6 Å². The molecule has 3 amide bonds. The second-order valence-electron chi connectivity index (χ2n) is 10.9. The van der Waals surface area contributed by atoms with Gasteiger partial charge < -0.3 is 15.0 Å². The quantitative estimate of drug-likeness (QED) is 0.262. The SMILES string of the molecule is CCC[C@H](C(=O)NO)C(CC(C)C)C(=O)N[C@H]1CCCCN(Cc2cccc(-c3ccc(OC)cc3)c2)C1=O. The van der Waals surface area contributed by atoms with Gasteiger partial charge in [-0.05, 0) is 72.9 Å². The maximum atomic E-state index is 13.6. The van der Waals surface area contributed by atoms with Crippen LogP contribution in [0.4, 0.5) is 0 Å². The summed E-state index contributed by atoms with van der Waals surface area (Å²) in [4.78, 5) is 41.4. The predicted octanol–water partition coefficient (Wildman–Crippen LogP) is 4.94. The second kappa shape index (κ2) is 14.7. The first-order chi connectivity index (χ1) is 18.8. The molecule has 39 heavy (non-hydrogen) atoms. The van der Waals surface area contributed by atoms with E-state index in [0.717, 1.165) is 35.3 Å². The molecule has 1 aliphatic rings. The van der Waals surface area contributed by atoms with Crippen LogP contribution >= 0.6 is 0 Å². The molecule has 0 radical (unpaired) electrons. The van der Waals surface area contributed by atoms with Crippen LogP contribution in [0.2, 0.25) is 0 Å². The first-order valence-electron chi connectivity index (χ1n) is 14.0. The van der Waals surface area contributed by atoms with Gasteiger partial charge in [-0.2, -0.15) is 0 Å². The molecule has 1 heterocycles. The van der Waals surface area contributed by atoms with E-state index in [0.29, 0.717) is 38.8 Å². The lowest BCUT2D eigenvalue weighted by molar-refractivity contribution is -0.143. The molecule has 2 aromatic carbocycles. The van der Waals surface area contributed by atoms with Crippen molar-refractivity contribution in [1.82, 2.24) is 15.7 Å². The van der Waals surface area contributed by atoms with E-state index in [9.17, 15) is 19.6 Å². The number of ether oxygens (including phenoxy) is 1. The Hall–Kier alpha value is -3.39. The lowest BCUT2D eigenvalue weighted by Gasteiger charge is -2.29. The molecule has 8 heteroatoms. The molecule has 1 saturated heterocycles. The number of methoxy groups -OCH3 is 1. The van der Waals surface area contributed by atoms with Crippen molar-refractivity contribution >= 4 is 17.7 Å². The zero-order valence-corrected chi connectivity index (χ0v) is 23.6.